The number of carbonyl (C=O) groups is 1. The molecule has 1 amide bonds. The lowest BCUT2D eigenvalue weighted by atomic mass is 9.77. The average Bonchev–Trinajstić information content (AvgIpc) is 3.36. The van der Waals surface area contributed by atoms with E-state index >= 15 is 0 Å². The number of hydrogen-bond donors (Lipinski definition) is 2. The molecule has 0 aromatic heterocycles. The number of allylic oxidation sites excluding steroid dienone is 1. The first-order valence-electron chi connectivity index (χ1n) is 12.6. The van der Waals surface area contributed by atoms with Crippen molar-refractivity contribution in [1.29, 1.82) is 0 Å². The standard InChI is InChI=1S/C26H40N2O7S/c1-26(2,3)19-17-23(25(30)27-20-7-5-6-8-20)35-24(18-19)34-16-14-28(13-15-29)36(31,32)22-11-9-21(33-4)10-12-22/h9-12,17,19-20,24,29H,5-8,13-16,18H2,1-4H3,(H,27,30)/t19-,24+/m1/s1. The first-order chi connectivity index (χ1) is 17.0. The molecule has 1 heterocycles. The van der Waals surface area contributed by atoms with Gasteiger partial charge in [-0.05, 0) is 54.5 Å². The van der Waals surface area contributed by atoms with Gasteiger partial charge in [0.1, 0.15) is 5.75 Å². The molecule has 2 N–H and O–H groups in total. The number of nitrogens with zero attached hydrogens (tertiary/aromatic N) is 1. The quantitative estimate of drug-likeness (QED) is 0.457. The number of rotatable bonds is 11. The van der Waals surface area contributed by atoms with Gasteiger partial charge in [0.15, 0.2) is 5.76 Å². The Morgan fingerprint density at radius 1 is 1.17 bits per heavy atom. The van der Waals surface area contributed by atoms with Crippen molar-refractivity contribution in [2.75, 3.05) is 33.4 Å². The molecule has 9 nitrogen and oxygen atoms in total. The van der Waals surface area contributed by atoms with Crippen molar-refractivity contribution in [1.82, 2.24) is 9.62 Å². The highest BCUT2D eigenvalue weighted by Gasteiger charge is 2.35. The molecule has 10 heteroatoms. The number of aliphatic hydroxyl groups is 1. The van der Waals surface area contributed by atoms with Gasteiger partial charge in [0.2, 0.25) is 16.3 Å². The molecule has 202 valence electrons. The van der Waals surface area contributed by atoms with Crippen LogP contribution < -0.4 is 10.1 Å². The van der Waals surface area contributed by atoms with Gasteiger partial charge in [0.05, 0.1) is 25.2 Å². The Hall–Kier alpha value is -2.14. The summed E-state index contributed by atoms with van der Waals surface area (Å²) >= 11 is 0. The van der Waals surface area contributed by atoms with Gasteiger partial charge >= 0.3 is 0 Å². The molecule has 0 radical (unpaired) electrons. The number of benzene rings is 1. The Bertz CT molecular complexity index is 996. The Kier molecular flexibility index (Phi) is 9.79. The van der Waals surface area contributed by atoms with Gasteiger partial charge in [0, 0.05) is 25.6 Å². The fourth-order valence-electron chi connectivity index (χ4n) is 4.50. The summed E-state index contributed by atoms with van der Waals surface area (Å²) in [6.45, 7) is 6.00. The molecule has 36 heavy (non-hydrogen) atoms. The van der Waals surface area contributed by atoms with Crippen molar-refractivity contribution in [2.24, 2.45) is 11.3 Å². The second-order valence-electron chi connectivity index (χ2n) is 10.4. The van der Waals surface area contributed by atoms with Crippen LogP contribution in [0.3, 0.4) is 0 Å². The van der Waals surface area contributed by atoms with Crippen molar-refractivity contribution in [3.05, 3.63) is 36.1 Å². The highest BCUT2D eigenvalue weighted by molar-refractivity contribution is 7.89. The van der Waals surface area contributed by atoms with Crippen LogP contribution in [0.15, 0.2) is 41.0 Å². The van der Waals surface area contributed by atoms with Crippen molar-refractivity contribution in [2.45, 2.75) is 70.1 Å². The van der Waals surface area contributed by atoms with Crippen LogP contribution in [-0.2, 0) is 24.3 Å². The van der Waals surface area contributed by atoms with E-state index in [1.54, 1.807) is 12.1 Å². The molecule has 1 aliphatic carbocycles. The maximum absolute atomic E-state index is 13.1. The molecule has 0 unspecified atom stereocenters. The second kappa shape index (κ2) is 12.4. The van der Waals surface area contributed by atoms with Gasteiger partial charge in [-0.1, -0.05) is 33.6 Å². The summed E-state index contributed by atoms with van der Waals surface area (Å²) in [6.07, 6.45) is 5.94. The van der Waals surface area contributed by atoms with Crippen LogP contribution in [-0.4, -0.2) is 69.5 Å². The van der Waals surface area contributed by atoms with E-state index in [0.717, 1.165) is 25.7 Å². The summed E-state index contributed by atoms with van der Waals surface area (Å²) in [5.41, 5.74) is -0.106. The van der Waals surface area contributed by atoms with E-state index in [1.165, 1.54) is 23.5 Å². The summed E-state index contributed by atoms with van der Waals surface area (Å²) in [7, 11) is -2.33. The van der Waals surface area contributed by atoms with Crippen LogP contribution in [0.4, 0.5) is 0 Å². The number of amides is 1. The van der Waals surface area contributed by atoms with E-state index in [1.807, 2.05) is 6.08 Å². The minimum absolute atomic E-state index is 0.0300. The van der Waals surface area contributed by atoms with E-state index in [0.29, 0.717) is 12.2 Å². The summed E-state index contributed by atoms with van der Waals surface area (Å²) in [5, 5.41) is 12.5. The third-order valence-corrected chi connectivity index (χ3v) is 8.69. The smallest absolute Gasteiger partial charge is 0.286 e. The molecule has 1 fully saturated rings. The molecule has 2 atom stereocenters. The third kappa shape index (κ3) is 7.44. The lowest BCUT2D eigenvalue weighted by molar-refractivity contribution is -0.153. The Morgan fingerprint density at radius 3 is 2.42 bits per heavy atom. The van der Waals surface area contributed by atoms with Gasteiger partial charge in [-0.15, -0.1) is 0 Å². The predicted octanol–water partition coefficient (Wildman–Crippen LogP) is 3.05. The molecule has 1 aliphatic heterocycles. The highest BCUT2D eigenvalue weighted by atomic mass is 32.2. The molecule has 3 rings (SSSR count). The summed E-state index contributed by atoms with van der Waals surface area (Å²) < 4.78 is 44.4. The molecule has 0 saturated heterocycles. The van der Waals surface area contributed by atoms with Crippen LogP contribution in [0, 0.1) is 11.3 Å². The minimum Gasteiger partial charge on any atom is -0.497 e. The predicted molar refractivity (Wildman–Crippen MR) is 136 cm³/mol. The molecule has 2 aliphatic rings. The van der Waals surface area contributed by atoms with Gasteiger partial charge < -0.3 is 24.6 Å². The van der Waals surface area contributed by atoms with Gasteiger partial charge in [-0.2, -0.15) is 4.31 Å². The van der Waals surface area contributed by atoms with Crippen LogP contribution >= 0.6 is 0 Å². The zero-order valence-electron chi connectivity index (χ0n) is 21.7. The topological polar surface area (TPSA) is 114 Å². The second-order valence-corrected chi connectivity index (χ2v) is 12.4. The van der Waals surface area contributed by atoms with Gasteiger partial charge in [-0.25, -0.2) is 8.42 Å². The number of methoxy groups -OCH3 is 1. The fourth-order valence-corrected chi connectivity index (χ4v) is 5.91. The summed E-state index contributed by atoms with van der Waals surface area (Å²) in [5.74, 6) is 0.636. The first kappa shape index (κ1) is 28.4. The van der Waals surface area contributed by atoms with E-state index in [-0.39, 0.29) is 60.2 Å². The normalized spacial score (nSPS) is 21.2. The molecule has 1 aromatic rings. The third-order valence-electron chi connectivity index (χ3n) is 6.77. The van der Waals surface area contributed by atoms with Crippen LogP contribution in [0.5, 0.6) is 5.75 Å². The van der Waals surface area contributed by atoms with Gasteiger partial charge in [0.25, 0.3) is 5.91 Å². The zero-order chi connectivity index (χ0) is 26.3. The largest absolute Gasteiger partial charge is 0.497 e. The molecule has 1 aromatic carbocycles. The molecule has 0 spiro atoms. The fraction of sp³-hybridized carbons (Fsp3) is 0.654. The number of nitrogens with one attached hydrogen (secondary N) is 1. The van der Waals surface area contributed by atoms with Crippen molar-refractivity contribution in [3.63, 3.8) is 0 Å². The number of sulfonamides is 1. The molecular weight excluding hydrogens is 484 g/mol. The maximum atomic E-state index is 13.1. The van der Waals surface area contributed by atoms with Crippen molar-refractivity contribution < 1.29 is 32.5 Å². The van der Waals surface area contributed by atoms with E-state index in [2.05, 4.69) is 26.1 Å². The monoisotopic (exact) mass is 524 g/mol. The Labute approximate surface area is 214 Å². The van der Waals surface area contributed by atoms with Crippen molar-refractivity contribution >= 4 is 15.9 Å². The first-order valence-corrected chi connectivity index (χ1v) is 14.0. The lowest BCUT2D eigenvalue weighted by Gasteiger charge is -2.36. The Morgan fingerprint density at radius 2 is 1.83 bits per heavy atom. The van der Waals surface area contributed by atoms with E-state index < -0.39 is 16.3 Å². The van der Waals surface area contributed by atoms with Crippen LogP contribution in [0.2, 0.25) is 0 Å². The summed E-state index contributed by atoms with van der Waals surface area (Å²) in [4.78, 5) is 13.0. The average molecular weight is 525 g/mol. The molecule has 0 bridgehead atoms. The number of hydrogen-bond acceptors (Lipinski definition) is 7. The maximum Gasteiger partial charge on any atom is 0.286 e. The van der Waals surface area contributed by atoms with Crippen LogP contribution in [0.1, 0.15) is 52.9 Å². The minimum atomic E-state index is -3.84. The number of aliphatic hydroxyl groups excluding tert-OH is 1. The van der Waals surface area contributed by atoms with Gasteiger partial charge in [-0.3, -0.25) is 4.79 Å². The number of ether oxygens (including phenoxy) is 3. The highest BCUT2D eigenvalue weighted by Crippen LogP contribution is 2.36. The number of carbonyl (C=O) groups excluding carboxylic acids is 1. The Balaban J connectivity index is 1.64. The molecule has 1 saturated carbocycles. The summed E-state index contributed by atoms with van der Waals surface area (Å²) in [6, 6.07) is 6.27. The lowest BCUT2D eigenvalue weighted by Crippen LogP contribution is -2.40. The van der Waals surface area contributed by atoms with E-state index in [9.17, 15) is 18.3 Å². The SMILES string of the molecule is COc1ccc(S(=O)(=O)N(CCO)CCO[C@@H]2C[C@H](C(C)(C)C)C=C(C(=O)NC3CCCC3)O2)cc1. The zero-order valence-corrected chi connectivity index (χ0v) is 22.6. The van der Waals surface area contributed by atoms with Crippen molar-refractivity contribution in [3.8, 4) is 5.75 Å². The molecular formula is C26H40N2O7S. The van der Waals surface area contributed by atoms with Crippen LogP contribution in [0.25, 0.3) is 0 Å². The van der Waals surface area contributed by atoms with E-state index in [4.69, 9.17) is 14.2 Å².